The Hall–Kier alpha value is -2.53. The largest absolute Gasteiger partial charge is 0.478 e. The fourth-order valence-corrected chi connectivity index (χ4v) is 4.52. The van der Waals surface area contributed by atoms with E-state index >= 15 is 0 Å². The lowest BCUT2D eigenvalue weighted by Gasteiger charge is -2.38. The Morgan fingerprint density at radius 1 is 1.13 bits per heavy atom. The number of hydrogen-bond acceptors (Lipinski definition) is 3. The molecule has 2 aromatic carbocycles. The van der Waals surface area contributed by atoms with E-state index in [9.17, 15) is 9.59 Å². The number of hydrogen-bond donors (Lipinski definition) is 2. The number of amides is 1. The normalized spacial score (nSPS) is 19.9. The summed E-state index contributed by atoms with van der Waals surface area (Å²) in [4.78, 5) is 26.0. The van der Waals surface area contributed by atoms with Gasteiger partial charge in [-0.25, -0.2) is 4.79 Å². The number of carboxylic acids is 1. The summed E-state index contributed by atoms with van der Waals surface area (Å²) in [6, 6.07) is 12.1. The molecule has 0 radical (unpaired) electrons. The standard InChI is InChI=1S/C24H29ClN2O3/c1-15-10-16(2)14-27(13-15)22-9-8-20(25)12-21(22)17(3)26-23(28)11-18-4-6-19(7-5-18)24(29)30/h4-9,12,15-17H,10-11,13-14H2,1-3H3,(H,26,28)(H,29,30). The van der Waals surface area contributed by atoms with Crippen molar-refractivity contribution in [2.24, 2.45) is 11.8 Å². The van der Waals surface area contributed by atoms with Gasteiger partial charge in [-0.3, -0.25) is 4.79 Å². The van der Waals surface area contributed by atoms with Crippen molar-refractivity contribution < 1.29 is 14.7 Å². The molecule has 1 amide bonds. The SMILES string of the molecule is CC1CC(C)CN(c2ccc(Cl)cc2C(C)NC(=O)Cc2ccc(C(=O)O)cc2)C1. The molecule has 1 fully saturated rings. The van der Waals surface area contributed by atoms with Crippen molar-refractivity contribution in [2.45, 2.75) is 39.7 Å². The van der Waals surface area contributed by atoms with E-state index < -0.39 is 5.97 Å². The number of anilines is 1. The van der Waals surface area contributed by atoms with Gasteiger partial charge in [0.05, 0.1) is 18.0 Å². The Morgan fingerprint density at radius 3 is 2.37 bits per heavy atom. The number of carboxylic acid groups (broad SMARTS) is 1. The highest BCUT2D eigenvalue weighted by Gasteiger charge is 2.25. The minimum absolute atomic E-state index is 0.114. The van der Waals surface area contributed by atoms with E-state index in [0.29, 0.717) is 16.9 Å². The van der Waals surface area contributed by atoms with E-state index in [1.54, 1.807) is 12.1 Å². The molecule has 1 heterocycles. The summed E-state index contributed by atoms with van der Waals surface area (Å²) in [5.41, 5.74) is 3.12. The second-order valence-corrected chi connectivity index (χ2v) is 8.96. The molecule has 0 saturated carbocycles. The maximum atomic E-state index is 12.6. The summed E-state index contributed by atoms with van der Waals surface area (Å²) in [6.45, 7) is 8.51. The highest BCUT2D eigenvalue weighted by atomic mass is 35.5. The van der Waals surface area contributed by atoms with Gasteiger partial charge in [-0.1, -0.05) is 37.6 Å². The molecule has 0 spiro atoms. The Bertz CT molecular complexity index is 903. The second-order valence-electron chi connectivity index (χ2n) is 8.52. The number of carbonyl (C=O) groups is 2. The van der Waals surface area contributed by atoms with E-state index in [0.717, 1.165) is 29.9 Å². The molecule has 6 heteroatoms. The Morgan fingerprint density at radius 2 is 1.77 bits per heavy atom. The van der Waals surface area contributed by atoms with E-state index in [1.165, 1.54) is 18.6 Å². The number of nitrogens with one attached hydrogen (secondary N) is 1. The fourth-order valence-electron chi connectivity index (χ4n) is 4.34. The van der Waals surface area contributed by atoms with Crippen LogP contribution in [0, 0.1) is 11.8 Å². The van der Waals surface area contributed by atoms with Crippen molar-refractivity contribution in [2.75, 3.05) is 18.0 Å². The van der Waals surface area contributed by atoms with Crippen molar-refractivity contribution in [1.29, 1.82) is 0 Å². The lowest BCUT2D eigenvalue weighted by atomic mass is 9.90. The van der Waals surface area contributed by atoms with Gasteiger partial charge >= 0.3 is 5.97 Å². The summed E-state index contributed by atoms with van der Waals surface area (Å²) in [5, 5.41) is 12.7. The maximum Gasteiger partial charge on any atom is 0.335 e. The van der Waals surface area contributed by atoms with Crippen LogP contribution in [0.4, 0.5) is 5.69 Å². The van der Waals surface area contributed by atoms with Gasteiger partial charge in [-0.05, 0) is 66.6 Å². The molecule has 2 N–H and O–H groups in total. The van der Waals surface area contributed by atoms with Crippen molar-refractivity contribution in [3.05, 3.63) is 64.2 Å². The van der Waals surface area contributed by atoms with Crippen LogP contribution in [0.15, 0.2) is 42.5 Å². The summed E-state index contributed by atoms with van der Waals surface area (Å²) in [7, 11) is 0. The van der Waals surface area contributed by atoms with Crippen LogP contribution in [0.25, 0.3) is 0 Å². The highest BCUT2D eigenvalue weighted by Crippen LogP contribution is 2.33. The van der Waals surface area contributed by atoms with Gasteiger partial charge in [0.1, 0.15) is 0 Å². The van der Waals surface area contributed by atoms with Crippen LogP contribution in [0.5, 0.6) is 0 Å². The Balaban J connectivity index is 1.72. The number of rotatable bonds is 6. The first-order valence-corrected chi connectivity index (χ1v) is 10.8. The lowest BCUT2D eigenvalue weighted by Crippen LogP contribution is -2.40. The van der Waals surface area contributed by atoms with Crippen LogP contribution in [0.3, 0.4) is 0 Å². The maximum absolute atomic E-state index is 12.6. The van der Waals surface area contributed by atoms with Crippen LogP contribution in [-0.4, -0.2) is 30.1 Å². The monoisotopic (exact) mass is 428 g/mol. The third-order valence-electron chi connectivity index (χ3n) is 5.61. The molecular weight excluding hydrogens is 400 g/mol. The number of benzene rings is 2. The smallest absolute Gasteiger partial charge is 0.335 e. The van der Waals surface area contributed by atoms with Crippen LogP contribution in [0.1, 0.15) is 54.7 Å². The number of aromatic carboxylic acids is 1. The van der Waals surface area contributed by atoms with Gasteiger partial charge in [0, 0.05) is 23.8 Å². The number of carbonyl (C=O) groups excluding carboxylic acids is 1. The van der Waals surface area contributed by atoms with E-state index in [4.69, 9.17) is 16.7 Å². The van der Waals surface area contributed by atoms with Crippen LogP contribution in [0.2, 0.25) is 5.02 Å². The number of piperidine rings is 1. The molecule has 1 aliphatic rings. The van der Waals surface area contributed by atoms with Gasteiger partial charge in [0.25, 0.3) is 0 Å². The van der Waals surface area contributed by atoms with Gasteiger partial charge < -0.3 is 15.3 Å². The summed E-state index contributed by atoms with van der Waals surface area (Å²) in [5.74, 6) is 0.151. The van der Waals surface area contributed by atoms with Gasteiger partial charge in [0.15, 0.2) is 0 Å². The summed E-state index contributed by atoms with van der Waals surface area (Å²) in [6.07, 6.45) is 1.42. The third-order valence-corrected chi connectivity index (χ3v) is 5.84. The Labute approximate surface area is 183 Å². The van der Waals surface area contributed by atoms with Crippen molar-refractivity contribution >= 4 is 29.2 Å². The lowest BCUT2D eigenvalue weighted by molar-refractivity contribution is -0.121. The molecule has 2 aromatic rings. The zero-order valence-electron chi connectivity index (χ0n) is 17.7. The number of nitrogens with zero attached hydrogens (tertiary/aromatic N) is 1. The van der Waals surface area contributed by atoms with Crippen LogP contribution < -0.4 is 10.2 Å². The second kappa shape index (κ2) is 9.52. The van der Waals surface area contributed by atoms with Crippen molar-refractivity contribution in [3.8, 4) is 0 Å². The average Bonchev–Trinajstić information content (AvgIpc) is 2.67. The molecule has 30 heavy (non-hydrogen) atoms. The van der Waals surface area contributed by atoms with Gasteiger partial charge in [-0.15, -0.1) is 0 Å². The zero-order valence-corrected chi connectivity index (χ0v) is 18.4. The van der Waals surface area contributed by atoms with Crippen LogP contribution >= 0.6 is 11.6 Å². The Kier molecular flexibility index (Phi) is 7.03. The first-order valence-electron chi connectivity index (χ1n) is 10.4. The molecule has 1 saturated heterocycles. The molecule has 0 aromatic heterocycles. The molecule has 3 rings (SSSR count). The zero-order chi connectivity index (χ0) is 21.8. The third kappa shape index (κ3) is 5.54. The highest BCUT2D eigenvalue weighted by molar-refractivity contribution is 6.30. The average molecular weight is 429 g/mol. The van der Waals surface area contributed by atoms with Gasteiger partial charge in [0.2, 0.25) is 5.91 Å². The van der Waals surface area contributed by atoms with E-state index in [1.807, 2.05) is 19.1 Å². The van der Waals surface area contributed by atoms with Crippen LogP contribution in [-0.2, 0) is 11.2 Å². The van der Waals surface area contributed by atoms with Crippen molar-refractivity contribution in [1.82, 2.24) is 5.32 Å². The summed E-state index contributed by atoms with van der Waals surface area (Å²) < 4.78 is 0. The minimum atomic E-state index is -0.977. The van der Waals surface area contributed by atoms with E-state index in [2.05, 4.69) is 30.1 Å². The van der Waals surface area contributed by atoms with Gasteiger partial charge in [-0.2, -0.15) is 0 Å². The van der Waals surface area contributed by atoms with Crippen molar-refractivity contribution in [3.63, 3.8) is 0 Å². The fraction of sp³-hybridized carbons (Fsp3) is 0.417. The molecule has 0 aliphatic carbocycles. The predicted molar refractivity (Wildman–Crippen MR) is 120 cm³/mol. The molecule has 3 atom stereocenters. The quantitative estimate of drug-likeness (QED) is 0.683. The molecule has 1 aliphatic heterocycles. The molecule has 0 bridgehead atoms. The number of halogens is 1. The first-order chi connectivity index (χ1) is 14.2. The minimum Gasteiger partial charge on any atom is -0.478 e. The topological polar surface area (TPSA) is 69.6 Å². The first kappa shape index (κ1) is 22.2. The predicted octanol–water partition coefficient (Wildman–Crippen LogP) is 4.94. The summed E-state index contributed by atoms with van der Waals surface area (Å²) >= 11 is 6.28. The molecule has 160 valence electrons. The molecule has 3 unspecified atom stereocenters. The molecule has 5 nitrogen and oxygen atoms in total. The van der Waals surface area contributed by atoms with E-state index in [-0.39, 0.29) is 23.9 Å². The molecular formula is C24H29ClN2O3.